The Morgan fingerprint density at radius 1 is 1.12 bits per heavy atom. The Morgan fingerprint density at radius 3 is 2.50 bits per heavy atom. The lowest BCUT2D eigenvalue weighted by Gasteiger charge is -2.08. The summed E-state index contributed by atoms with van der Waals surface area (Å²) in [5, 5.41) is 21.4. The SMILES string of the molecule is N#C/C(N=Cc1ccccc1)=C(\C#N)NCc1c(F)cccc1Cl. The predicted octanol–water partition coefficient (Wildman–Crippen LogP) is 3.95. The van der Waals surface area contributed by atoms with Crippen LogP contribution in [0.5, 0.6) is 0 Å². The van der Waals surface area contributed by atoms with Crippen LogP contribution in [-0.4, -0.2) is 6.21 Å². The van der Waals surface area contributed by atoms with Gasteiger partial charge in [0, 0.05) is 23.3 Å². The van der Waals surface area contributed by atoms with Crippen LogP contribution in [0.2, 0.25) is 5.02 Å². The third-order valence-electron chi connectivity index (χ3n) is 3.10. The summed E-state index contributed by atoms with van der Waals surface area (Å²) >= 11 is 5.94. The van der Waals surface area contributed by atoms with Gasteiger partial charge in [0.05, 0.1) is 0 Å². The van der Waals surface area contributed by atoms with Crippen LogP contribution in [-0.2, 0) is 6.54 Å². The van der Waals surface area contributed by atoms with Gasteiger partial charge in [-0.05, 0) is 17.7 Å². The van der Waals surface area contributed by atoms with Crippen molar-refractivity contribution in [3.8, 4) is 12.1 Å². The highest BCUT2D eigenvalue weighted by Crippen LogP contribution is 2.19. The summed E-state index contributed by atoms with van der Waals surface area (Å²) in [5.74, 6) is -0.487. The first kappa shape index (κ1) is 17.2. The second-order valence-corrected chi connectivity index (χ2v) is 5.08. The lowest BCUT2D eigenvalue weighted by atomic mass is 10.2. The number of aliphatic imine (C=N–C) groups is 1. The van der Waals surface area contributed by atoms with Crippen molar-refractivity contribution in [2.24, 2.45) is 4.99 Å². The molecule has 118 valence electrons. The molecule has 0 aliphatic carbocycles. The molecule has 0 unspecified atom stereocenters. The van der Waals surface area contributed by atoms with Crippen molar-refractivity contribution >= 4 is 17.8 Å². The van der Waals surface area contributed by atoms with Crippen LogP contribution in [0, 0.1) is 28.5 Å². The molecule has 1 N–H and O–H groups in total. The third-order valence-corrected chi connectivity index (χ3v) is 3.45. The van der Waals surface area contributed by atoms with E-state index >= 15 is 0 Å². The highest BCUT2D eigenvalue weighted by molar-refractivity contribution is 6.31. The first-order valence-electron chi connectivity index (χ1n) is 6.96. The smallest absolute Gasteiger partial charge is 0.174 e. The molecule has 0 saturated heterocycles. The fourth-order valence-corrected chi connectivity index (χ4v) is 2.11. The number of allylic oxidation sites excluding steroid dienone is 2. The number of nitriles is 2. The number of nitrogens with one attached hydrogen (secondary N) is 1. The zero-order valence-corrected chi connectivity index (χ0v) is 13.3. The van der Waals surface area contributed by atoms with Crippen molar-refractivity contribution in [2.45, 2.75) is 6.54 Å². The highest BCUT2D eigenvalue weighted by atomic mass is 35.5. The van der Waals surface area contributed by atoms with E-state index in [0.29, 0.717) is 0 Å². The molecule has 0 spiro atoms. The van der Waals surface area contributed by atoms with Crippen molar-refractivity contribution in [1.29, 1.82) is 10.5 Å². The van der Waals surface area contributed by atoms with E-state index in [4.69, 9.17) is 11.6 Å². The molecule has 0 aliphatic heterocycles. The molecule has 0 bridgehead atoms. The maximum absolute atomic E-state index is 13.7. The molecule has 2 aromatic carbocycles. The molecule has 6 heteroatoms. The Kier molecular flexibility index (Phi) is 6.08. The molecular weight excluding hydrogens is 327 g/mol. The van der Waals surface area contributed by atoms with Gasteiger partial charge >= 0.3 is 0 Å². The average molecular weight is 339 g/mol. The van der Waals surface area contributed by atoms with Gasteiger partial charge in [-0.15, -0.1) is 0 Å². The van der Waals surface area contributed by atoms with Crippen molar-refractivity contribution in [3.05, 3.63) is 81.9 Å². The standard InChI is InChI=1S/C18H12ClFN4/c19-15-7-4-8-16(20)14(15)12-24-18(10-22)17(9-21)23-11-13-5-2-1-3-6-13/h1-8,11,24H,12H2/b18-17-,23-11?. The zero-order chi connectivity index (χ0) is 17.4. The second kappa shape index (κ2) is 8.47. The van der Waals surface area contributed by atoms with E-state index in [1.165, 1.54) is 18.3 Å². The van der Waals surface area contributed by atoms with E-state index < -0.39 is 5.82 Å². The van der Waals surface area contributed by atoms with Gasteiger partial charge in [0.2, 0.25) is 0 Å². The van der Waals surface area contributed by atoms with Gasteiger partial charge < -0.3 is 5.32 Å². The van der Waals surface area contributed by atoms with E-state index in [9.17, 15) is 14.9 Å². The predicted molar refractivity (Wildman–Crippen MR) is 90.5 cm³/mol. The van der Waals surface area contributed by atoms with E-state index in [1.54, 1.807) is 6.07 Å². The van der Waals surface area contributed by atoms with Gasteiger partial charge in [0.15, 0.2) is 11.4 Å². The Morgan fingerprint density at radius 2 is 1.88 bits per heavy atom. The van der Waals surface area contributed by atoms with Crippen LogP contribution in [0.15, 0.2) is 64.9 Å². The minimum absolute atomic E-state index is 0.0273. The average Bonchev–Trinajstić information content (AvgIpc) is 2.60. The number of nitrogens with zero attached hydrogens (tertiary/aromatic N) is 3. The number of rotatable bonds is 5. The zero-order valence-electron chi connectivity index (χ0n) is 12.5. The van der Waals surface area contributed by atoms with E-state index in [0.717, 1.165) is 5.56 Å². The number of benzene rings is 2. The van der Waals surface area contributed by atoms with Crippen LogP contribution in [0.1, 0.15) is 11.1 Å². The Hall–Kier alpha value is -3.15. The van der Waals surface area contributed by atoms with Crippen molar-refractivity contribution in [2.75, 3.05) is 0 Å². The molecule has 2 rings (SSSR count). The van der Waals surface area contributed by atoms with Gasteiger partial charge in [-0.3, -0.25) is 0 Å². The molecule has 0 saturated carbocycles. The van der Waals surface area contributed by atoms with Gasteiger partial charge in [0.1, 0.15) is 18.0 Å². The van der Waals surface area contributed by atoms with Crippen LogP contribution in [0.25, 0.3) is 0 Å². The molecule has 0 atom stereocenters. The lowest BCUT2D eigenvalue weighted by Crippen LogP contribution is -2.14. The van der Waals surface area contributed by atoms with Gasteiger partial charge in [0.25, 0.3) is 0 Å². The molecule has 0 aliphatic rings. The largest absolute Gasteiger partial charge is 0.370 e. The summed E-state index contributed by atoms with van der Waals surface area (Å²) in [4.78, 5) is 4.02. The molecule has 0 aromatic heterocycles. The molecule has 24 heavy (non-hydrogen) atoms. The molecular formula is C18H12ClFN4. The quantitative estimate of drug-likeness (QED) is 0.662. The van der Waals surface area contributed by atoms with E-state index in [1.807, 2.05) is 42.5 Å². The van der Waals surface area contributed by atoms with Crippen molar-refractivity contribution < 1.29 is 4.39 Å². The molecule has 0 amide bonds. The van der Waals surface area contributed by atoms with Crippen LogP contribution >= 0.6 is 11.6 Å². The first-order chi connectivity index (χ1) is 11.7. The van der Waals surface area contributed by atoms with Crippen molar-refractivity contribution in [1.82, 2.24) is 5.32 Å². The number of halogens is 2. The third kappa shape index (κ3) is 4.42. The molecule has 0 fully saturated rings. The summed E-state index contributed by atoms with van der Waals surface area (Å²) in [6.07, 6.45) is 1.48. The number of hydrogen-bond acceptors (Lipinski definition) is 4. The van der Waals surface area contributed by atoms with Crippen LogP contribution in [0.3, 0.4) is 0 Å². The Labute approximate surface area is 144 Å². The minimum atomic E-state index is -0.487. The maximum Gasteiger partial charge on any atom is 0.174 e. The summed E-state index contributed by atoms with van der Waals surface area (Å²) in [6, 6.07) is 17.2. The molecule has 2 aromatic rings. The summed E-state index contributed by atoms with van der Waals surface area (Å²) in [6.45, 7) is -0.0273. The molecule has 4 nitrogen and oxygen atoms in total. The Balaban J connectivity index is 2.21. The fraction of sp³-hybridized carbons (Fsp3) is 0.0556. The Bertz CT molecular complexity index is 841. The normalized spacial score (nSPS) is 11.5. The number of hydrogen-bond donors (Lipinski definition) is 1. The summed E-state index contributed by atoms with van der Waals surface area (Å²) < 4.78 is 13.7. The maximum atomic E-state index is 13.7. The topological polar surface area (TPSA) is 72.0 Å². The monoisotopic (exact) mass is 338 g/mol. The van der Waals surface area contributed by atoms with Crippen LogP contribution < -0.4 is 5.32 Å². The summed E-state index contributed by atoms with van der Waals surface area (Å²) in [7, 11) is 0. The van der Waals surface area contributed by atoms with Crippen molar-refractivity contribution in [3.63, 3.8) is 0 Å². The van der Waals surface area contributed by atoms with Gasteiger partial charge in [-0.25, -0.2) is 9.38 Å². The highest BCUT2D eigenvalue weighted by Gasteiger charge is 2.09. The van der Waals surface area contributed by atoms with Gasteiger partial charge in [-0.1, -0.05) is 48.0 Å². The molecule has 0 heterocycles. The van der Waals surface area contributed by atoms with Gasteiger partial charge in [-0.2, -0.15) is 10.5 Å². The molecule has 0 radical (unpaired) electrons. The van der Waals surface area contributed by atoms with E-state index in [-0.39, 0.29) is 28.5 Å². The first-order valence-corrected chi connectivity index (χ1v) is 7.34. The summed E-state index contributed by atoms with van der Waals surface area (Å²) in [5.41, 5.74) is 0.869. The second-order valence-electron chi connectivity index (χ2n) is 4.67. The fourth-order valence-electron chi connectivity index (χ4n) is 1.88. The van der Waals surface area contributed by atoms with E-state index in [2.05, 4.69) is 10.3 Å². The lowest BCUT2D eigenvalue weighted by molar-refractivity contribution is 0.602. The van der Waals surface area contributed by atoms with Crippen LogP contribution in [0.4, 0.5) is 4.39 Å². The minimum Gasteiger partial charge on any atom is -0.370 e.